The summed E-state index contributed by atoms with van der Waals surface area (Å²) in [5.74, 6) is 0.676. The van der Waals surface area contributed by atoms with Crippen molar-refractivity contribution in [3.8, 4) is 5.75 Å². The molecule has 0 aliphatic rings. The van der Waals surface area contributed by atoms with Crippen LogP contribution in [0.1, 0.15) is 29.8 Å². The highest BCUT2D eigenvalue weighted by Gasteiger charge is 2.09. The van der Waals surface area contributed by atoms with Crippen molar-refractivity contribution in [1.29, 1.82) is 0 Å². The predicted molar refractivity (Wildman–Crippen MR) is 85.1 cm³/mol. The summed E-state index contributed by atoms with van der Waals surface area (Å²) in [5, 5.41) is 0. The molecule has 1 aromatic heterocycles. The van der Waals surface area contributed by atoms with E-state index in [2.05, 4.69) is 15.9 Å². The Morgan fingerprint density at radius 1 is 1.29 bits per heavy atom. The fourth-order valence-electron chi connectivity index (χ4n) is 2.03. The third-order valence-electron chi connectivity index (χ3n) is 3.05. The average molecular weight is 350 g/mol. The van der Waals surface area contributed by atoms with Crippen LogP contribution in [0.5, 0.6) is 5.75 Å². The monoisotopic (exact) mass is 349 g/mol. The lowest BCUT2D eigenvalue weighted by atomic mass is 10.1. The first-order valence-corrected chi connectivity index (χ1v) is 7.43. The molecule has 0 amide bonds. The number of carbonyl (C=O) groups is 1. The van der Waals surface area contributed by atoms with Crippen molar-refractivity contribution < 1.29 is 9.53 Å². The van der Waals surface area contributed by atoms with Crippen LogP contribution in [0.15, 0.2) is 45.8 Å². The molecule has 0 aliphatic carbocycles. The standard InChI is InChI=1S/C16H16BrNO3/c1-3-21-15-6-4-12(11(2)19)8-13(15)9-18-10-14(17)5-7-16(18)20/h4-8,10H,3,9H2,1-2H3. The van der Waals surface area contributed by atoms with Gasteiger partial charge in [0.15, 0.2) is 5.78 Å². The van der Waals surface area contributed by atoms with E-state index in [4.69, 9.17) is 4.74 Å². The van der Waals surface area contributed by atoms with Gasteiger partial charge in [0, 0.05) is 27.9 Å². The summed E-state index contributed by atoms with van der Waals surface area (Å²) in [4.78, 5) is 23.4. The van der Waals surface area contributed by atoms with Crippen LogP contribution in [0, 0.1) is 0 Å². The van der Waals surface area contributed by atoms with E-state index in [0.717, 1.165) is 10.0 Å². The maximum atomic E-state index is 11.9. The van der Waals surface area contributed by atoms with E-state index in [1.165, 1.54) is 13.0 Å². The minimum Gasteiger partial charge on any atom is -0.494 e. The summed E-state index contributed by atoms with van der Waals surface area (Å²) in [7, 11) is 0. The van der Waals surface area contributed by atoms with Crippen molar-refractivity contribution in [3.05, 3.63) is 62.5 Å². The Morgan fingerprint density at radius 2 is 2.05 bits per heavy atom. The van der Waals surface area contributed by atoms with Crippen LogP contribution in [0.3, 0.4) is 0 Å². The van der Waals surface area contributed by atoms with Gasteiger partial charge in [0.05, 0.1) is 13.2 Å². The van der Waals surface area contributed by atoms with Crippen LogP contribution in [-0.4, -0.2) is 17.0 Å². The van der Waals surface area contributed by atoms with Gasteiger partial charge >= 0.3 is 0 Å². The molecule has 0 radical (unpaired) electrons. The van der Waals surface area contributed by atoms with Gasteiger partial charge in [0.2, 0.25) is 0 Å². The first-order valence-electron chi connectivity index (χ1n) is 6.64. The second kappa shape index (κ2) is 6.72. The van der Waals surface area contributed by atoms with Crippen molar-refractivity contribution in [3.63, 3.8) is 0 Å². The summed E-state index contributed by atoms with van der Waals surface area (Å²) >= 11 is 3.35. The van der Waals surface area contributed by atoms with Crippen LogP contribution in [0.4, 0.5) is 0 Å². The van der Waals surface area contributed by atoms with Crippen LogP contribution < -0.4 is 10.3 Å². The number of nitrogens with zero attached hydrogens (tertiary/aromatic N) is 1. The van der Waals surface area contributed by atoms with E-state index < -0.39 is 0 Å². The van der Waals surface area contributed by atoms with Gasteiger partial charge in [-0.05, 0) is 54.0 Å². The van der Waals surface area contributed by atoms with Crippen LogP contribution in [0.25, 0.3) is 0 Å². The van der Waals surface area contributed by atoms with E-state index in [9.17, 15) is 9.59 Å². The van der Waals surface area contributed by atoms with Crippen LogP contribution in [0.2, 0.25) is 0 Å². The molecule has 110 valence electrons. The molecular formula is C16H16BrNO3. The number of aromatic nitrogens is 1. The predicted octanol–water partition coefficient (Wildman–Crippen LogP) is 3.26. The van der Waals surface area contributed by atoms with Crippen LogP contribution in [-0.2, 0) is 6.54 Å². The summed E-state index contributed by atoms with van der Waals surface area (Å²) in [6.45, 7) is 4.30. The zero-order valence-electron chi connectivity index (χ0n) is 11.9. The van der Waals surface area contributed by atoms with Gasteiger partial charge in [-0.1, -0.05) is 0 Å². The number of hydrogen-bond acceptors (Lipinski definition) is 3. The largest absolute Gasteiger partial charge is 0.494 e. The van der Waals surface area contributed by atoms with Crippen molar-refractivity contribution >= 4 is 21.7 Å². The van der Waals surface area contributed by atoms with Gasteiger partial charge in [-0.3, -0.25) is 9.59 Å². The maximum Gasteiger partial charge on any atom is 0.250 e. The molecule has 1 aromatic carbocycles. The molecule has 2 aromatic rings. The molecule has 0 saturated carbocycles. The zero-order valence-corrected chi connectivity index (χ0v) is 13.5. The number of Topliss-reactive ketones (excluding diaryl/α,β-unsaturated/α-hetero) is 1. The van der Waals surface area contributed by atoms with Crippen LogP contribution >= 0.6 is 15.9 Å². The number of ether oxygens (including phenoxy) is 1. The van der Waals surface area contributed by atoms with Gasteiger partial charge in [-0.25, -0.2) is 0 Å². The Morgan fingerprint density at radius 3 is 2.71 bits per heavy atom. The Bertz CT molecular complexity index is 722. The number of rotatable bonds is 5. The molecule has 0 atom stereocenters. The Kier molecular flexibility index (Phi) is 4.96. The quantitative estimate of drug-likeness (QED) is 0.778. The van der Waals surface area contributed by atoms with E-state index >= 15 is 0 Å². The molecule has 0 aliphatic heterocycles. The lowest BCUT2D eigenvalue weighted by Crippen LogP contribution is -2.19. The number of hydrogen-bond donors (Lipinski definition) is 0. The highest BCUT2D eigenvalue weighted by atomic mass is 79.9. The van der Waals surface area contributed by atoms with E-state index in [0.29, 0.717) is 24.5 Å². The summed E-state index contributed by atoms with van der Waals surface area (Å²) in [6, 6.07) is 8.49. The SMILES string of the molecule is CCOc1ccc(C(C)=O)cc1Cn1cc(Br)ccc1=O. The maximum absolute atomic E-state index is 11.9. The molecule has 0 saturated heterocycles. The van der Waals surface area contributed by atoms with E-state index in [1.54, 1.807) is 35.0 Å². The van der Waals surface area contributed by atoms with Gasteiger partial charge in [-0.15, -0.1) is 0 Å². The topological polar surface area (TPSA) is 48.3 Å². The number of pyridine rings is 1. The number of ketones is 1. The summed E-state index contributed by atoms with van der Waals surface area (Å²) in [6.07, 6.45) is 1.72. The van der Waals surface area contributed by atoms with Gasteiger partial charge in [0.25, 0.3) is 5.56 Å². The fraction of sp³-hybridized carbons (Fsp3) is 0.250. The second-order valence-electron chi connectivity index (χ2n) is 4.63. The third kappa shape index (κ3) is 3.82. The number of halogens is 1. The Labute approximate surface area is 131 Å². The molecule has 0 N–H and O–H groups in total. The van der Waals surface area contributed by atoms with E-state index in [1.807, 2.05) is 6.92 Å². The minimum absolute atomic E-state index is 0.0131. The lowest BCUT2D eigenvalue weighted by Gasteiger charge is -2.13. The van der Waals surface area contributed by atoms with Gasteiger partial charge < -0.3 is 9.30 Å². The number of carbonyl (C=O) groups excluding carboxylic acids is 1. The number of benzene rings is 1. The first-order chi connectivity index (χ1) is 10.0. The van der Waals surface area contributed by atoms with Crippen molar-refractivity contribution in [1.82, 2.24) is 4.57 Å². The molecule has 0 unspecified atom stereocenters. The van der Waals surface area contributed by atoms with Gasteiger partial charge in [-0.2, -0.15) is 0 Å². The lowest BCUT2D eigenvalue weighted by molar-refractivity contribution is 0.101. The molecule has 0 fully saturated rings. The summed E-state index contributed by atoms with van der Waals surface area (Å²) < 4.78 is 7.97. The van der Waals surface area contributed by atoms with Crippen molar-refractivity contribution in [2.75, 3.05) is 6.61 Å². The molecule has 0 bridgehead atoms. The van der Waals surface area contributed by atoms with Crippen molar-refractivity contribution in [2.24, 2.45) is 0 Å². The second-order valence-corrected chi connectivity index (χ2v) is 5.54. The molecule has 0 spiro atoms. The fourth-order valence-corrected chi connectivity index (χ4v) is 2.41. The average Bonchev–Trinajstić information content (AvgIpc) is 2.44. The smallest absolute Gasteiger partial charge is 0.250 e. The normalized spacial score (nSPS) is 10.4. The zero-order chi connectivity index (χ0) is 15.4. The molecular weight excluding hydrogens is 334 g/mol. The molecule has 4 nitrogen and oxygen atoms in total. The minimum atomic E-state index is -0.103. The first kappa shape index (κ1) is 15.5. The Hall–Kier alpha value is -1.88. The molecule has 21 heavy (non-hydrogen) atoms. The molecule has 1 heterocycles. The third-order valence-corrected chi connectivity index (χ3v) is 3.52. The summed E-state index contributed by atoms with van der Waals surface area (Å²) in [5.41, 5.74) is 1.31. The van der Waals surface area contributed by atoms with Crippen molar-refractivity contribution in [2.45, 2.75) is 20.4 Å². The highest BCUT2D eigenvalue weighted by molar-refractivity contribution is 9.10. The molecule has 2 rings (SSSR count). The molecule has 5 heteroatoms. The highest BCUT2D eigenvalue weighted by Crippen LogP contribution is 2.22. The Balaban J connectivity index is 2.45. The van der Waals surface area contributed by atoms with Gasteiger partial charge in [0.1, 0.15) is 5.75 Å². The van der Waals surface area contributed by atoms with E-state index in [-0.39, 0.29) is 11.3 Å².